The minimum atomic E-state index is 0.0791. The molecule has 2 rings (SSSR count). The highest BCUT2D eigenvalue weighted by Crippen LogP contribution is 2.43. The number of rotatable bonds is 3. The lowest BCUT2D eigenvalue weighted by Crippen LogP contribution is -2.57. The second-order valence-electron chi connectivity index (χ2n) is 6.19. The van der Waals surface area contributed by atoms with Crippen LogP contribution in [0.2, 0.25) is 0 Å². The minimum Gasteiger partial charge on any atom is -0.350 e. The van der Waals surface area contributed by atoms with Crippen LogP contribution in [0.25, 0.3) is 0 Å². The van der Waals surface area contributed by atoms with Crippen molar-refractivity contribution in [1.82, 2.24) is 5.32 Å². The molecule has 3 heteroatoms. The predicted octanol–water partition coefficient (Wildman–Crippen LogP) is 3.25. The molecule has 0 aromatic rings. The molecule has 2 saturated carbocycles. The molecule has 2 aliphatic rings. The van der Waals surface area contributed by atoms with E-state index in [9.17, 15) is 4.79 Å². The molecule has 1 N–H and O–H groups in total. The van der Waals surface area contributed by atoms with E-state index in [1.54, 1.807) is 0 Å². The fourth-order valence-electron chi connectivity index (χ4n) is 3.06. The van der Waals surface area contributed by atoms with Crippen LogP contribution in [-0.2, 0) is 4.79 Å². The Bertz CT molecular complexity index is 278. The quantitative estimate of drug-likeness (QED) is 0.794. The van der Waals surface area contributed by atoms with Gasteiger partial charge in [0.15, 0.2) is 0 Å². The van der Waals surface area contributed by atoms with E-state index in [1.165, 1.54) is 19.3 Å². The summed E-state index contributed by atoms with van der Waals surface area (Å²) in [6.07, 6.45) is 6.98. The van der Waals surface area contributed by atoms with Crippen molar-refractivity contribution in [3.63, 3.8) is 0 Å². The lowest BCUT2D eigenvalue weighted by molar-refractivity contribution is -0.130. The highest BCUT2D eigenvalue weighted by Gasteiger charge is 2.43. The summed E-state index contributed by atoms with van der Waals surface area (Å²) in [6.45, 7) is 4.46. The molecule has 0 saturated heterocycles. The van der Waals surface area contributed by atoms with Crippen molar-refractivity contribution >= 4 is 21.8 Å². The van der Waals surface area contributed by atoms with Gasteiger partial charge >= 0.3 is 0 Å². The zero-order valence-electron chi connectivity index (χ0n) is 10.3. The van der Waals surface area contributed by atoms with E-state index < -0.39 is 0 Å². The van der Waals surface area contributed by atoms with E-state index in [2.05, 4.69) is 35.1 Å². The first-order chi connectivity index (χ1) is 7.49. The van der Waals surface area contributed by atoms with Gasteiger partial charge in [-0.15, -0.1) is 0 Å². The number of halogens is 1. The summed E-state index contributed by atoms with van der Waals surface area (Å²) in [5, 5.41) is 4.19. The third-order valence-corrected chi connectivity index (χ3v) is 5.60. The smallest absolute Gasteiger partial charge is 0.224 e. The van der Waals surface area contributed by atoms with E-state index in [0.29, 0.717) is 5.91 Å². The highest BCUT2D eigenvalue weighted by molar-refractivity contribution is 9.09. The fourth-order valence-corrected chi connectivity index (χ4v) is 3.76. The van der Waals surface area contributed by atoms with Gasteiger partial charge in [-0.05, 0) is 37.5 Å². The topological polar surface area (TPSA) is 29.1 Å². The van der Waals surface area contributed by atoms with Crippen LogP contribution in [0.1, 0.15) is 52.4 Å². The van der Waals surface area contributed by atoms with E-state index in [4.69, 9.17) is 0 Å². The van der Waals surface area contributed by atoms with Crippen LogP contribution in [0, 0.1) is 11.3 Å². The standard InChI is InChI=1S/C13H22BrNO/c1-12(2)6-3-5-10(12)11(16)15-13(9-14)7-4-8-13/h10H,3-9H2,1-2H3,(H,15,16). The second-order valence-corrected chi connectivity index (χ2v) is 6.75. The average molecular weight is 288 g/mol. The molecule has 0 radical (unpaired) electrons. The molecule has 2 fully saturated rings. The highest BCUT2D eigenvalue weighted by atomic mass is 79.9. The second kappa shape index (κ2) is 4.32. The zero-order chi connectivity index (χ0) is 11.8. The fraction of sp³-hybridized carbons (Fsp3) is 0.923. The molecule has 0 aromatic carbocycles. The Morgan fingerprint density at radius 2 is 2.00 bits per heavy atom. The molecule has 1 atom stereocenters. The molecule has 92 valence electrons. The summed E-state index contributed by atoms with van der Waals surface area (Å²) in [7, 11) is 0. The van der Waals surface area contributed by atoms with Gasteiger partial charge in [-0.2, -0.15) is 0 Å². The van der Waals surface area contributed by atoms with Gasteiger partial charge in [0, 0.05) is 16.8 Å². The third kappa shape index (κ3) is 2.15. The summed E-state index contributed by atoms with van der Waals surface area (Å²) < 4.78 is 0. The average Bonchev–Trinajstić information content (AvgIpc) is 2.51. The molecular weight excluding hydrogens is 266 g/mol. The number of hydrogen-bond donors (Lipinski definition) is 1. The van der Waals surface area contributed by atoms with Crippen LogP contribution < -0.4 is 5.32 Å². The number of carbonyl (C=O) groups is 1. The number of nitrogens with one attached hydrogen (secondary N) is 1. The van der Waals surface area contributed by atoms with E-state index in [-0.39, 0.29) is 16.9 Å². The van der Waals surface area contributed by atoms with Gasteiger partial charge in [-0.25, -0.2) is 0 Å². The summed E-state index contributed by atoms with van der Waals surface area (Å²) >= 11 is 3.53. The van der Waals surface area contributed by atoms with E-state index in [1.807, 2.05) is 0 Å². The van der Waals surface area contributed by atoms with Crippen molar-refractivity contribution in [2.45, 2.75) is 57.9 Å². The number of hydrogen-bond acceptors (Lipinski definition) is 1. The summed E-state index contributed by atoms with van der Waals surface area (Å²) in [5.74, 6) is 0.519. The molecule has 0 bridgehead atoms. The number of amides is 1. The van der Waals surface area contributed by atoms with Gasteiger partial charge < -0.3 is 5.32 Å². The molecule has 0 spiro atoms. The van der Waals surface area contributed by atoms with Gasteiger partial charge in [0.1, 0.15) is 0 Å². The molecular formula is C13H22BrNO. The maximum Gasteiger partial charge on any atom is 0.224 e. The van der Waals surface area contributed by atoms with Gasteiger partial charge in [-0.3, -0.25) is 4.79 Å². The molecule has 0 aliphatic heterocycles. The Morgan fingerprint density at radius 1 is 1.31 bits per heavy atom. The Balaban J connectivity index is 1.97. The number of alkyl halides is 1. The van der Waals surface area contributed by atoms with Gasteiger partial charge in [0.25, 0.3) is 0 Å². The normalized spacial score (nSPS) is 30.8. The van der Waals surface area contributed by atoms with Crippen LogP contribution in [-0.4, -0.2) is 16.8 Å². The van der Waals surface area contributed by atoms with E-state index >= 15 is 0 Å². The maximum absolute atomic E-state index is 12.3. The van der Waals surface area contributed by atoms with Crippen LogP contribution in [0.15, 0.2) is 0 Å². The summed E-state index contributed by atoms with van der Waals surface area (Å²) in [5.41, 5.74) is 0.275. The largest absolute Gasteiger partial charge is 0.350 e. The first-order valence-electron chi connectivity index (χ1n) is 6.37. The Kier molecular flexibility index (Phi) is 3.35. The first kappa shape index (κ1) is 12.4. The Morgan fingerprint density at radius 3 is 2.38 bits per heavy atom. The van der Waals surface area contributed by atoms with Crippen LogP contribution in [0.5, 0.6) is 0 Å². The Labute approximate surface area is 107 Å². The lowest BCUT2D eigenvalue weighted by Gasteiger charge is -2.42. The predicted molar refractivity (Wildman–Crippen MR) is 69.6 cm³/mol. The number of carbonyl (C=O) groups excluding carboxylic acids is 1. The van der Waals surface area contributed by atoms with Gasteiger partial charge in [0.2, 0.25) is 5.91 Å². The molecule has 1 unspecified atom stereocenters. The molecule has 0 heterocycles. The van der Waals surface area contributed by atoms with E-state index in [0.717, 1.165) is 24.6 Å². The molecule has 0 aromatic heterocycles. The zero-order valence-corrected chi connectivity index (χ0v) is 11.9. The van der Waals surface area contributed by atoms with Crippen LogP contribution in [0.3, 0.4) is 0 Å². The van der Waals surface area contributed by atoms with Crippen molar-refractivity contribution in [3.8, 4) is 0 Å². The summed E-state index contributed by atoms with van der Waals surface area (Å²) in [6, 6.07) is 0. The van der Waals surface area contributed by atoms with Crippen LogP contribution >= 0.6 is 15.9 Å². The third-order valence-electron chi connectivity index (χ3n) is 4.53. The molecule has 16 heavy (non-hydrogen) atoms. The lowest BCUT2D eigenvalue weighted by atomic mass is 9.76. The van der Waals surface area contributed by atoms with Gasteiger partial charge in [-0.1, -0.05) is 36.2 Å². The van der Waals surface area contributed by atoms with Crippen molar-refractivity contribution < 1.29 is 4.79 Å². The monoisotopic (exact) mass is 287 g/mol. The Hall–Kier alpha value is -0.0500. The SMILES string of the molecule is CC1(C)CCCC1C(=O)NC1(CBr)CCC1. The molecule has 2 nitrogen and oxygen atoms in total. The first-order valence-corrected chi connectivity index (χ1v) is 7.49. The maximum atomic E-state index is 12.3. The van der Waals surface area contributed by atoms with Crippen molar-refractivity contribution in [3.05, 3.63) is 0 Å². The van der Waals surface area contributed by atoms with Gasteiger partial charge in [0.05, 0.1) is 0 Å². The molecule has 1 amide bonds. The minimum absolute atomic E-state index is 0.0791. The summed E-state index contributed by atoms with van der Waals surface area (Å²) in [4.78, 5) is 12.3. The van der Waals surface area contributed by atoms with Crippen molar-refractivity contribution in [2.75, 3.05) is 5.33 Å². The molecule has 2 aliphatic carbocycles. The van der Waals surface area contributed by atoms with Crippen LogP contribution in [0.4, 0.5) is 0 Å². The van der Waals surface area contributed by atoms with Crippen molar-refractivity contribution in [1.29, 1.82) is 0 Å². The van der Waals surface area contributed by atoms with Crippen molar-refractivity contribution in [2.24, 2.45) is 11.3 Å².